The molecule has 0 spiro atoms. The molecule has 1 aliphatic heterocycles. The van der Waals surface area contributed by atoms with Crippen LogP contribution < -0.4 is 9.62 Å². The number of piperidine rings is 1. The van der Waals surface area contributed by atoms with Crippen molar-refractivity contribution in [3.05, 3.63) is 54.1 Å². The zero-order chi connectivity index (χ0) is 18.6. The molecule has 3 rings (SSSR count). The van der Waals surface area contributed by atoms with Gasteiger partial charge in [-0.05, 0) is 67.0 Å². The van der Waals surface area contributed by atoms with Gasteiger partial charge in [0.2, 0.25) is 10.0 Å². The van der Waals surface area contributed by atoms with E-state index in [1.165, 1.54) is 18.5 Å². The average Bonchev–Trinajstić information content (AvgIpc) is 2.67. The van der Waals surface area contributed by atoms with Crippen LogP contribution >= 0.6 is 11.8 Å². The molecule has 0 unspecified atom stereocenters. The van der Waals surface area contributed by atoms with E-state index in [0.29, 0.717) is 11.4 Å². The first-order chi connectivity index (χ1) is 12.5. The Labute approximate surface area is 161 Å². The highest BCUT2D eigenvalue weighted by Crippen LogP contribution is 2.23. The molecule has 1 heterocycles. The number of anilines is 1. The number of hydrogen-bond acceptors (Lipinski definition) is 4. The summed E-state index contributed by atoms with van der Waals surface area (Å²) in [5.74, 6) is 0.729. The summed E-state index contributed by atoms with van der Waals surface area (Å²) in [6.45, 7) is 4.78. The van der Waals surface area contributed by atoms with E-state index in [9.17, 15) is 8.42 Å². The molecule has 1 atom stereocenters. The maximum Gasteiger partial charge on any atom is 0.240 e. The van der Waals surface area contributed by atoms with Gasteiger partial charge < -0.3 is 4.90 Å². The molecular weight excluding hydrogens is 364 g/mol. The lowest BCUT2D eigenvalue weighted by Gasteiger charge is -2.32. The minimum atomic E-state index is -3.49. The molecule has 1 fully saturated rings. The maximum absolute atomic E-state index is 12.4. The van der Waals surface area contributed by atoms with E-state index in [1.807, 2.05) is 30.5 Å². The number of nitrogens with zero attached hydrogens (tertiary/aromatic N) is 1. The fraction of sp³-hybridized carbons (Fsp3) is 0.400. The van der Waals surface area contributed by atoms with Crippen LogP contribution in [-0.2, 0) is 16.6 Å². The molecule has 0 radical (unpaired) electrons. The highest BCUT2D eigenvalue weighted by molar-refractivity contribution is 7.98. The predicted molar refractivity (Wildman–Crippen MR) is 109 cm³/mol. The van der Waals surface area contributed by atoms with Crippen LogP contribution in [0.1, 0.15) is 25.3 Å². The molecular formula is C20H26N2O2S2. The van der Waals surface area contributed by atoms with Gasteiger partial charge in [0.25, 0.3) is 0 Å². The van der Waals surface area contributed by atoms with Crippen LogP contribution in [0.3, 0.4) is 0 Å². The van der Waals surface area contributed by atoms with Crippen molar-refractivity contribution in [3.63, 3.8) is 0 Å². The first-order valence-electron chi connectivity index (χ1n) is 8.95. The minimum Gasteiger partial charge on any atom is -0.371 e. The smallest absolute Gasteiger partial charge is 0.240 e. The SMILES string of the molecule is CSc1ccc(S(=O)(=O)NCc2ccc(N3CCC[C@@H](C)C3)cc2)cc1. The lowest BCUT2D eigenvalue weighted by atomic mass is 9.99. The Kier molecular flexibility index (Phi) is 6.27. The molecule has 4 nitrogen and oxygen atoms in total. The Bertz CT molecular complexity index is 818. The van der Waals surface area contributed by atoms with Gasteiger partial charge in [0.1, 0.15) is 0 Å². The average molecular weight is 391 g/mol. The van der Waals surface area contributed by atoms with Crippen molar-refractivity contribution >= 4 is 27.5 Å². The molecule has 2 aromatic carbocycles. The van der Waals surface area contributed by atoms with E-state index in [1.54, 1.807) is 23.9 Å². The van der Waals surface area contributed by atoms with Gasteiger partial charge >= 0.3 is 0 Å². The highest BCUT2D eigenvalue weighted by atomic mass is 32.2. The van der Waals surface area contributed by atoms with Crippen molar-refractivity contribution in [2.24, 2.45) is 5.92 Å². The summed E-state index contributed by atoms with van der Waals surface area (Å²) >= 11 is 1.59. The number of sulfonamides is 1. The molecule has 0 amide bonds. The normalized spacial score (nSPS) is 18.1. The monoisotopic (exact) mass is 390 g/mol. The predicted octanol–water partition coefficient (Wildman–Crippen LogP) is 4.12. The van der Waals surface area contributed by atoms with Gasteiger partial charge in [-0.3, -0.25) is 0 Å². The quantitative estimate of drug-likeness (QED) is 0.754. The molecule has 2 aromatic rings. The van der Waals surface area contributed by atoms with Gasteiger partial charge in [0.05, 0.1) is 4.90 Å². The summed E-state index contributed by atoms with van der Waals surface area (Å²) in [5, 5.41) is 0. The first-order valence-corrected chi connectivity index (χ1v) is 11.7. The van der Waals surface area contributed by atoms with Gasteiger partial charge in [-0.1, -0.05) is 19.1 Å². The maximum atomic E-state index is 12.4. The molecule has 0 aliphatic carbocycles. The van der Waals surface area contributed by atoms with Crippen LogP contribution in [0.2, 0.25) is 0 Å². The molecule has 0 aromatic heterocycles. The van der Waals surface area contributed by atoms with Crippen LogP contribution in [0, 0.1) is 5.92 Å². The lowest BCUT2D eigenvalue weighted by Crippen LogP contribution is -2.34. The van der Waals surface area contributed by atoms with Gasteiger partial charge in [-0.15, -0.1) is 11.8 Å². The van der Waals surface area contributed by atoms with E-state index in [2.05, 4.69) is 28.7 Å². The number of benzene rings is 2. The van der Waals surface area contributed by atoms with Crippen molar-refractivity contribution in [1.82, 2.24) is 4.72 Å². The molecule has 1 N–H and O–H groups in total. The van der Waals surface area contributed by atoms with Crippen molar-refractivity contribution in [1.29, 1.82) is 0 Å². The van der Waals surface area contributed by atoms with Crippen LogP contribution in [0.25, 0.3) is 0 Å². The zero-order valence-corrected chi connectivity index (χ0v) is 16.9. The Morgan fingerprint density at radius 3 is 2.42 bits per heavy atom. The van der Waals surface area contributed by atoms with Crippen LogP contribution in [0.4, 0.5) is 5.69 Å². The van der Waals surface area contributed by atoms with Crippen molar-refractivity contribution in [3.8, 4) is 0 Å². The summed E-state index contributed by atoms with van der Waals surface area (Å²) in [4.78, 5) is 3.76. The standard InChI is InChI=1S/C20H26N2O2S2/c1-16-4-3-13-22(15-16)18-7-5-17(6-8-18)14-21-26(23,24)20-11-9-19(25-2)10-12-20/h5-12,16,21H,3-4,13-15H2,1-2H3/t16-/m1/s1. The van der Waals surface area contributed by atoms with E-state index in [0.717, 1.165) is 29.5 Å². The number of hydrogen-bond donors (Lipinski definition) is 1. The second-order valence-electron chi connectivity index (χ2n) is 6.86. The first kappa shape index (κ1) is 19.3. The van der Waals surface area contributed by atoms with Gasteiger partial charge in [0.15, 0.2) is 0 Å². The third-order valence-electron chi connectivity index (χ3n) is 4.79. The Hall–Kier alpha value is -1.50. The zero-order valence-electron chi connectivity index (χ0n) is 15.3. The van der Waals surface area contributed by atoms with E-state index in [-0.39, 0.29) is 0 Å². The van der Waals surface area contributed by atoms with Gasteiger partial charge in [-0.2, -0.15) is 0 Å². The number of nitrogens with one attached hydrogen (secondary N) is 1. The van der Waals surface area contributed by atoms with Gasteiger partial charge in [-0.25, -0.2) is 13.1 Å². The van der Waals surface area contributed by atoms with Crippen LogP contribution in [-0.4, -0.2) is 27.8 Å². The molecule has 140 valence electrons. The van der Waals surface area contributed by atoms with Crippen LogP contribution in [0.15, 0.2) is 58.3 Å². The topological polar surface area (TPSA) is 49.4 Å². The molecule has 6 heteroatoms. The molecule has 0 bridgehead atoms. The summed E-state index contributed by atoms with van der Waals surface area (Å²) in [5.41, 5.74) is 2.18. The fourth-order valence-corrected chi connectivity index (χ4v) is 4.69. The molecule has 1 saturated heterocycles. The third kappa shape index (κ3) is 4.81. The Balaban J connectivity index is 1.61. The van der Waals surface area contributed by atoms with Gasteiger partial charge in [0, 0.05) is 30.2 Å². The number of thioether (sulfide) groups is 1. The van der Waals surface area contributed by atoms with E-state index >= 15 is 0 Å². The van der Waals surface area contributed by atoms with Crippen molar-refractivity contribution < 1.29 is 8.42 Å². The van der Waals surface area contributed by atoms with Crippen molar-refractivity contribution in [2.45, 2.75) is 36.1 Å². The molecule has 0 saturated carbocycles. The molecule has 1 aliphatic rings. The lowest BCUT2D eigenvalue weighted by molar-refractivity contribution is 0.447. The number of rotatable bonds is 6. The fourth-order valence-electron chi connectivity index (χ4n) is 3.27. The van der Waals surface area contributed by atoms with Crippen LogP contribution in [0.5, 0.6) is 0 Å². The summed E-state index contributed by atoms with van der Waals surface area (Å²) < 4.78 is 27.5. The van der Waals surface area contributed by atoms with E-state index < -0.39 is 10.0 Å². The Morgan fingerprint density at radius 1 is 1.12 bits per heavy atom. The summed E-state index contributed by atoms with van der Waals surface area (Å²) in [6.07, 6.45) is 4.50. The largest absolute Gasteiger partial charge is 0.371 e. The summed E-state index contributed by atoms with van der Waals surface area (Å²) in [6, 6.07) is 15.1. The highest BCUT2D eigenvalue weighted by Gasteiger charge is 2.17. The molecule has 26 heavy (non-hydrogen) atoms. The third-order valence-corrected chi connectivity index (χ3v) is 6.96. The Morgan fingerprint density at radius 2 is 1.81 bits per heavy atom. The second kappa shape index (κ2) is 8.46. The minimum absolute atomic E-state index is 0.295. The van der Waals surface area contributed by atoms with E-state index in [4.69, 9.17) is 0 Å². The van der Waals surface area contributed by atoms with Crippen molar-refractivity contribution in [2.75, 3.05) is 24.2 Å². The second-order valence-corrected chi connectivity index (χ2v) is 9.51. The summed E-state index contributed by atoms with van der Waals surface area (Å²) in [7, 11) is -3.49.